The number of fused-ring (bicyclic) bond motifs is 1. The van der Waals surface area contributed by atoms with E-state index in [0.29, 0.717) is 23.4 Å². The van der Waals surface area contributed by atoms with Crippen molar-refractivity contribution in [1.29, 1.82) is 0 Å². The van der Waals surface area contributed by atoms with Crippen molar-refractivity contribution in [2.45, 2.75) is 32.2 Å². The van der Waals surface area contributed by atoms with Crippen molar-refractivity contribution in [3.05, 3.63) is 33.7 Å². The first-order valence-electron chi connectivity index (χ1n) is 6.32. The summed E-state index contributed by atoms with van der Waals surface area (Å²) in [4.78, 5) is 0. The Bertz CT molecular complexity index is 589. The highest BCUT2D eigenvalue weighted by Crippen LogP contribution is 2.47. The molecule has 0 amide bonds. The maximum atomic E-state index is 14.0. The number of benzene rings is 1. The Morgan fingerprint density at radius 2 is 2.22 bits per heavy atom. The molecule has 2 aromatic rings. The molecule has 18 heavy (non-hydrogen) atoms. The molecule has 1 saturated carbocycles. The monoisotopic (exact) mass is 311 g/mol. The smallest absolute Gasteiger partial charge is 0.151 e. The van der Waals surface area contributed by atoms with Crippen LogP contribution in [-0.4, -0.2) is 6.54 Å². The van der Waals surface area contributed by atoms with Crippen LogP contribution in [0.4, 0.5) is 4.39 Å². The third-order valence-electron chi connectivity index (χ3n) is 3.37. The molecule has 0 aliphatic heterocycles. The Kier molecular flexibility index (Phi) is 3.16. The fourth-order valence-corrected chi connectivity index (χ4v) is 2.79. The van der Waals surface area contributed by atoms with Gasteiger partial charge in [-0.05, 0) is 53.4 Å². The van der Waals surface area contributed by atoms with Crippen LogP contribution in [0, 0.1) is 5.82 Å². The van der Waals surface area contributed by atoms with E-state index in [1.54, 1.807) is 6.07 Å². The third-order valence-corrected chi connectivity index (χ3v) is 4.00. The van der Waals surface area contributed by atoms with Crippen LogP contribution in [0.15, 0.2) is 21.0 Å². The second-order valence-corrected chi connectivity index (χ2v) is 5.58. The predicted molar refractivity (Wildman–Crippen MR) is 73.2 cm³/mol. The molecule has 96 valence electrons. The summed E-state index contributed by atoms with van der Waals surface area (Å²) in [6.45, 7) is 3.60. The van der Waals surface area contributed by atoms with Gasteiger partial charge in [0.25, 0.3) is 0 Å². The molecule has 0 bridgehead atoms. The highest BCUT2D eigenvalue weighted by molar-refractivity contribution is 9.10. The van der Waals surface area contributed by atoms with E-state index in [1.807, 2.05) is 0 Å². The van der Waals surface area contributed by atoms with Gasteiger partial charge in [0.05, 0.1) is 16.4 Å². The number of nitrogens with one attached hydrogen (secondary N) is 1. The lowest BCUT2D eigenvalue weighted by molar-refractivity contribution is 0.512. The molecule has 1 fully saturated rings. The lowest BCUT2D eigenvalue weighted by Crippen LogP contribution is -2.12. The largest absolute Gasteiger partial charge is 0.458 e. The molecule has 0 radical (unpaired) electrons. The topological polar surface area (TPSA) is 25.2 Å². The molecular formula is C14H15BrFNO. The van der Waals surface area contributed by atoms with Crippen molar-refractivity contribution in [2.24, 2.45) is 0 Å². The number of furan rings is 1. The summed E-state index contributed by atoms with van der Waals surface area (Å²) in [5.41, 5.74) is 1.72. The summed E-state index contributed by atoms with van der Waals surface area (Å²) < 4.78 is 20.7. The van der Waals surface area contributed by atoms with E-state index in [1.165, 1.54) is 6.07 Å². The fourth-order valence-electron chi connectivity index (χ4n) is 2.38. The average Bonchev–Trinajstić information content (AvgIpc) is 3.12. The molecule has 4 heteroatoms. The van der Waals surface area contributed by atoms with Gasteiger partial charge in [0.1, 0.15) is 11.6 Å². The lowest BCUT2D eigenvalue weighted by atomic mass is 10.1. The van der Waals surface area contributed by atoms with Gasteiger partial charge in [-0.2, -0.15) is 0 Å². The van der Waals surface area contributed by atoms with Crippen LogP contribution in [0.5, 0.6) is 0 Å². The minimum absolute atomic E-state index is 0.179. The Labute approximate surface area is 114 Å². The molecule has 1 aromatic carbocycles. The van der Waals surface area contributed by atoms with E-state index < -0.39 is 0 Å². The van der Waals surface area contributed by atoms with Gasteiger partial charge in [-0.15, -0.1) is 0 Å². The molecular weight excluding hydrogens is 297 g/mol. The number of hydrogen-bond acceptors (Lipinski definition) is 2. The summed E-state index contributed by atoms with van der Waals surface area (Å²) in [6, 6.07) is 3.21. The Morgan fingerprint density at radius 1 is 1.44 bits per heavy atom. The number of rotatable bonds is 4. The zero-order valence-corrected chi connectivity index (χ0v) is 11.8. The summed E-state index contributed by atoms with van der Waals surface area (Å²) in [6.07, 6.45) is 2.28. The second-order valence-electron chi connectivity index (χ2n) is 4.73. The van der Waals surface area contributed by atoms with Gasteiger partial charge in [-0.1, -0.05) is 6.92 Å². The van der Waals surface area contributed by atoms with Crippen molar-refractivity contribution in [3.63, 3.8) is 0 Å². The maximum Gasteiger partial charge on any atom is 0.151 e. The highest BCUT2D eigenvalue weighted by atomic mass is 79.9. The zero-order chi connectivity index (χ0) is 12.7. The standard InChI is InChI=1S/C14H15BrFNO/c1-2-17-7-11-12(8-3-4-8)13-10(16)6-5-9(15)14(13)18-11/h5-6,8,17H,2-4,7H2,1H3. The van der Waals surface area contributed by atoms with Crippen LogP contribution in [0.1, 0.15) is 37.0 Å². The normalized spacial score (nSPS) is 15.5. The fraction of sp³-hybridized carbons (Fsp3) is 0.429. The molecule has 0 atom stereocenters. The Morgan fingerprint density at radius 3 is 2.89 bits per heavy atom. The zero-order valence-electron chi connectivity index (χ0n) is 10.2. The molecule has 1 heterocycles. The Hall–Kier alpha value is -0.870. The highest BCUT2D eigenvalue weighted by Gasteiger charge is 2.32. The first-order valence-corrected chi connectivity index (χ1v) is 7.11. The van der Waals surface area contributed by atoms with Gasteiger partial charge in [0, 0.05) is 5.56 Å². The lowest BCUT2D eigenvalue weighted by Gasteiger charge is -2.02. The van der Waals surface area contributed by atoms with Crippen molar-refractivity contribution >= 4 is 26.9 Å². The molecule has 0 spiro atoms. The molecule has 1 aliphatic rings. The molecule has 0 saturated heterocycles. The number of halogens is 2. The summed E-state index contributed by atoms with van der Waals surface area (Å²) in [5.74, 6) is 1.19. The van der Waals surface area contributed by atoms with Crippen LogP contribution >= 0.6 is 15.9 Å². The summed E-state index contributed by atoms with van der Waals surface area (Å²) in [5, 5.41) is 3.92. The van der Waals surface area contributed by atoms with E-state index >= 15 is 0 Å². The van der Waals surface area contributed by atoms with Crippen LogP contribution < -0.4 is 5.32 Å². The average molecular weight is 312 g/mol. The Balaban J connectivity index is 2.19. The van der Waals surface area contributed by atoms with E-state index in [4.69, 9.17) is 4.42 Å². The SMILES string of the molecule is CCNCc1oc2c(Br)ccc(F)c2c1C1CC1. The second kappa shape index (κ2) is 4.67. The van der Waals surface area contributed by atoms with E-state index in [9.17, 15) is 4.39 Å². The van der Waals surface area contributed by atoms with Gasteiger partial charge in [-0.3, -0.25) is 0 Å². The molecule has 2 nitrogen and oxygen atoms in total. The maximum absolute atomic E-state index is 14.0. The first kappa shape index (κ1) is 12.2. The molecule has 1 N–H and O–H groups in total. The minimum Gasteiger partial charge on any atom is -0.458 e. The quantitative estimate of drug-likeness (QED) is 0.909. The van der Waals surface area contributed by atoms with Gasteiger partial charge in [0.15, 0.2) is 5.58 Å². The van der Waals surface area contributed by atoms with Gasteiger partial charge < -0.3 is 9.73 Å². The van der Waals surface area contributed by atoms with Crippen molar-refractivity contribution in [3.8, 4) is 0 Å². The summed E-state index contributed by atoms with van der Waals surface area (Å²) >= 11 is 3.44. The van der Waals surface area contributed by atoms with Crippen molar-refractivity contribution in [2.75, 3.05) is 6.54 Å². The molecule has 1 aliphatic carbocycles. The molecule has 0 unspecified atom stereocenters. The summed E-state index contributed by atoms with van der Waals surface area (Å²) in [7, 11) is 0. The van der Waals surface area contributed by atoms with Gasteiger partial charge in [0.2, 0.25) is 0 Å². The number of hydrogen-bond donors (Lipinski definition) is 1. The van der Waals surface area contributed by atoms with Crippen LogP contribution in [0.2, 0.25) is 0 Å². The van der Waals surface area contributed by atoms with Gasteiger partial charge in [-0.25, -0.2) is 4.39 Å². The van der Waals surface area contributed by atoms with Crippen LogP contribution in [0.25, 0.3) is 11.0 Å². The van der Waals surface area contributed by atoms with Crippen molar-refractivity contribution in [1.82, 2.24) is 5.32 Å². The van der Waals surface area contributed by atoms with Gasteiger partial charge >= 0.3 is 0 Å². The molecule has 3 rings (SSSR count). The predicted octanol–water partition coefficient (Wildman–Crippen LogP) is 4.32. The van der Waals surface area contributed by atoms with E-state index in [-0.39, 0.29) is 5.82 Å². The van der Waals surface area contributed by atoms with E-state index in [2.05, 4.69) is 28.2 Å². The molecule has 1 aromatic heterocycles. The van der Waals surface area contributed by atoms with Crippen LogP contribution in [-0.2, 0) is 6.54 Å². The van der Waals surface area contributed by atoms with Crippen molar-refractivity contribution < 1.29 is 8.81 Å². The third kappa shape index (κ3) is 1.97. The minimum atomic E-state index is -0.179. The first-order chi connectivity index (χ1) is 8.72. The van der Waals surface area contributed by atoms with E-state index in [0.717, 1.165) is 35.2 Å². The van der Waals surface area contributed by atoms with Crippen LogP contribution in [0.3, 0.4) is 0 Å².